The smallest absolute Gasteiger partial charge is 0.261 e. The summed E-state index contributed by atoms with van der Waals surface area (Å²) in [7, 11) is 1.58. The molecule has 1 N–H and O–H groups in total. The second-order valence-corrected chi connectivity index (χ2v) is 7.51. The summed E-state index contributed by atoms with van der Waals surface area (Å²) in [5, 5.41) is 3.31. The molecule has 0 aromatic heterocycles. The molecule has 5 nitrogen and oxygen atoms in total. The van der Waals surface area contributed by atoms with Gasteiger partial charge in [0.2, 0.25) is 5.91 Å². The van der Waals surface area contributed by atoms with Crippen molar-refractivity contribution in [1.29, 1.82) is 0 Å². The van der Waals surface area contributed by atoms with Gasteiger partial charge in [-0.25, -0.2) is 0 Å². The van der Waals surface area contributed by atoms with Crippen LogP contribution in [0, 0.1) is 0 Å². The van der Waals surface area contributed by atoms with Crippen molar-refractivity contribution >= 4 is 23.4 Å². The molecule has 2 amide bonds. The van der Waals surface area contributed by atoms with Crippen LogP contribution in [0.1, 0.15) is 11.1 Å². The van der Waals surface area contributed by atoms with Crippen molar-refractivity contribution in [3.05, 3.63) is 101 Å². The standard InChI is InChI=1S/C25H25ClN2O3/c1-27-25(30)23(16-19-8-4-2-5-9-19)28(17-20-12-14-21(26)15-13-20)24(29)18-31-22-10-6-3-7-11-22/h2-15,23H,16-18H2,1H3,(H,27,30). The highest BCUT2D eigenvalue weighted by Crippen LogP contribution is 2.17. The van der Waals surface area contributed by atoms with Crippen molar-refractivity contribution in [3.63, 3.8) is 0 Å². The molecular formula is C25H25ClN2O3. The van der Waals surface area contributed by atoms with Crippen LogP contribution in [0.3, 0.4) is 0 Å². The lowest BCUT2D eigenvalue weighted by Gasteiger charge is -2.31. The highest BCUT2D eigenvalue weighted by molar-refractivity contribution is 6.30. The first-order valence-corrected chi connectivity index (χ1v) is 10.4. The molecule has 1 atom stereocenters. The number of ether oxygens (including phenoxy) is 1. The molecule has 0 bridgehead atoms. The van der Waals surface area contributed by atoms with Gasteiger partial charge in [0.25, 0.3) is 5.91 Å². The average molecular weight is 437 g/mol. The van der Waals surface area contributed by atoms with Gasteiger partial charge in [-0.1, -0.05) is 72.3 Å². The number of carbonyl (C=O) groups excluding carboxylic acids is 2. The summed E-state index contributed by atoms with van der Waals surface area (Å²) in [5.74, 6) is 0.0936. The lowest BCUT2D eigenvalue weighted by atomic mass is 10.0. The molecule has 0 fully saturated rings. The van der Waals surface area contributed by atoms with E-state index >= 15 is 0 Å². The van der Waals surface area contributed by atoms with Crippen LogP contribution in [0.2, 0.25) is 5.02 Å². The zero-order valence-electron chi connectivity index (χ0n) is 17.3. The first-order valence-electron chi connectivity index (χ1n) is 10.0. The second kappa shape index (κ2) is 11.2. The maximum absolute atomic E-state index is 13.2. The van der Waals surface area contributed by atoms with E-state index in [4.69, 9.17) is 16.3 Å². The Morgan fingerprint density at radius 1 is 0.903 bits per heavy atom. The Balaban J connectivity index is 1.86. The summed E-state index contributed by atoms with van der Waals surface area (Å²) in [5.41, 5.74) is 1.84. The number of likely N-dealkylation sites (N-methyl/N-ethyl adjacent to an activating group) is 1. The fourth-order valence-electron chi connectivity index (χ4n) is 3.25. The number of hydrogen-bond donors (Lipinski definition) is 1. The fraction of sp³-hybridized carbons (Fsp3) is 0.200. The SMILES string of the molecule is CNC(=O)C(Cc1ccccc1)N(Cc1ccc(Cl)cc1)C(=O)COc1ccccc1. The Morgan fingerprint density at radius 3 is 2.13 bits per heavy atom. The minimum Gasteiger partial charge on any atom is -0.484 e. The topological polar surface area (TPSA) is 58.6 Å². The number of nitrogens with zero attached hydrogens (tertiary/aromatic N) is 1. The van der Waals surface area contributed by atoms with Gasteiger partial charge in [-0.05, 0) is 35.4 Å². The third-order valence-electron chi connectivity index (χ3n) is 4.89. The summed E-state index contributed by atoms with van der Waals surface area (Å²) in [6, 6.07) is 25.3. The summed E-state index contributed by atoms with van der Waals surface area (Å²) < 4.78 is 5.68. The third-order valence-corrected chi connectivity index (χ3v) is 5.14. The van der Waals surface area contributed by atoms with E-state index in [2.05, 4.69) is 5.32 Å². The van der Waals surface area contributed by atoms with Crippen LogP contribution in [0.15, 0.2) is 84.9 Å². The van der Waals surface area contributed by atoms with Crippen LogP contribution in [-0.2, 0) is 22.6 Å². The molecule has 0 radical (unpaired) electrons. The van der Waals surface area contributed by atoms with E-state index in [1.165, 1.54) is 0 Å². The number of hydrogen-bond acceptors (Lipinski definition) is 3. The summed E-state index contributed by atoms with van der Waals surface area (Å²) in [6.45, 7) is 0.0962. The van der Waals surface area contributed by atoms with Gasteiger partial charge in [-0.3, -0.25) is 9.59 Å². The molecule has 0 saturated carbocycles. The van der Waals surface area contributed by atoms with Crippen molar-refractivity contribution in [2.24, 2.45) is 0 Å². The van der Waals surface area contributed by atoms with E-state index in [0.29, 0.717) is 17.2 Å². The maximum Gasteiger partial charge on any atom is 0.261 e. The monoisotopic (exact) mass is 436 g/mol. The van der Waals surface area contributed by atoms with E-state index in [1.807, 2.05) is 60.7 Å². The lowest BCUT2D eigenvalue weighted by Crippen LogP contribution is -2.51. The summed E-state index contributed by atoms with van der Waals surface area (Å²) in [4.78, 5) is 27.6. The Labute approximate surface area is 187 Å². The van der Waals surface area contributed by atoms with Crippen LogP contribution >= 0.6 is 11.6 Å². The van der Waals surface area contributed by atoms with Crippen LogP contribution < -0.4 is 10.1 Å². The quantitative estimate of drug-likeness (QED) is 0.549. The number of benzene rings is 3. The number of nitrogens with one attached hydrogen (secondary N) is 1. The number of carbonyl (C=O) groups is 2. The molecule has 0 saturated heterocycles. The minimum absolute atomic E-state index is 0.167. The van der Waals surface area contributed by atoms with E-state index in [9.17, 15) is 9.59 Å². The average Bonchev–Trinajstić information content (AvgIpc) is 2.81. The highest BCUT2D eigenvalue weighted by atomic mass is 35.5. The summed E-state index contributed by atoms with van der Waals surface area (Å²) in [6.07, 6.45) is 0.394. The van der Waals surface area contributed by atoms with Crippen LogP contribution in [-0.4, -0.2) is 36.4 Å². The zero-order valence-corrected chi connectivity index (χ0v) is 18.1. The molecule has 0 spiro atoms. The van der Waals surface area contributed by atoms with Crippen molar-refractivity contribution in [1.82, 2.24) is 10.2 Å². The maximum atomic E-state index is 13.2. The van der Waals surface area contributed by atoms with Gasteiger partial charge in [0, 0.05) is 25.0 Å². The number of rotatable bonds is 9. The number of amides is 2. The Morgan fingerprint density at radius 2 is 1.52 bits per heavy atom. The van der Waals surface area contributed by atoms with Gasteiger partial charge >= 0.3 is 0 Å². The number of halogens is 1. The van der Waals surface area contributed by atoms with Gasteiger partial charge < -0.3 is 15.0 Å². The largest absolute Gasteiger partial charge is 0.484 e. The van der Waals surface area contributed by atoms with Crippen molar-refractivity contribution < 1.29 is 14.3 Å². The van der Waals surface area contributed by atoms with Crippen LogP contribution in [0.25, 0.3) is 0 Å². The zero-order chi connectivity index (χ0) is 22.1. The molecule has 0 aliphatic rings. The van der Waals surface area contributed by atoms with E-state index < -0.39 is 6.04 Å². The third kappa shape index (κ3) is 6.59. The first-order chi connectivity index (χ1) is 15.1. The van der Waals surface area contributed by atoms with Gasteiger partial charge in [0.1, 0.15) is 11.8 Å². The van der Waals surface area contributed by atoms with Crippen LogP contribution in [0.4, 0.5) is 0 Å². The molecule has 3 aromatic rings. The molecular weight excluding hydrogens is 412 g/mol. The van der Waals surface area contributed by atoms with E-state index in [1.54, 1.807) is 36.2 Å². The molecule has 3 aromatic carbocycles. The molecule has 1 unspecified atom stereocenters. The van der Waals surface area contributed by atoms with Gasteiger partial charge in [0.05, 0.1) is 0 Å². The second-order valence-electron chi connectivity index (χ2n) is 7.07. The van der Waals surface area contributed by atoms with Crippen molar-refractivity contribution in [2.75, 3.05) is 13.7 Å². The highest BCUT2D eigenvalue weighted by Gasteiger charge is 2.30. The predicted molar refractivity (Wildman–Crippen MR) is 122 cm³/mol. The Bertz CT molecular complexity index is 979. The molecule has 0 aliphatic heterocycles. The van der Waals surface area contributed by atoms with E-state index in [-0.39, 0.29) is 25.0 Å². The summed E-state index contributed by atoms with van der Waals surface area (Å²) >= 11 is 6.01. The van der Waals surface area contributed by atoms with Crippen molar-refractivity contribution in [3.8, 4) is 5.75 Å². The predicted octanol–water partition coefficient (Wildman–Crippen LogP) is 4.10. The van der Waals surface area contributed by atoms with Gasteiger partial charge in [0.15, 0.2) is 6.61 Å². The number of para-hydroxylation sites is 1. The Kier molecular flexibility index (Phi) is 8.07. The molecule has 6 heteroatoms. The normalized spacial score (nSPS) is 11.4. The van der Waals surface area contributed by atoms with Gasteiger partial charge in [-0.2, -0.15) is 0 Å². The minimum atomic E-state index is -0.685. The molecule has 0 heterocycles. The van der Waals surface area contributed by atoms with Crippen LogP contribution in [0.5, 0.6) is 5.75 Å². The molecule has 160 valence electrons. The fourth-order valence-corrected chi connectivity index (χ4v) is 3.38. The van der Waals surface area contributed by atoms with Gasteiger partial charge in [-0.15, -0.1) is 0 Å². The molecule has 31 heavy (non-hydrogen) atoms. The Hall–Kier alpha value is -3.31. The molecule has 0 aliphatic carbocycles. The lowest BCUT2D eigenvalue weighted by molar-refractivity contribution is -0.142. The van der Waals surface area contributed by atoms with Crippen molar-refractivity contribution in [2.45, 2.75) is 19.0 Å². The molecule has 3 rings (SSSR count). The first kappa shape index (κ1) is 22.4. The van der Waals surface area contributed by atoms with E-state index in [0.717, 1.165) is 11.1 Å².